The molecule has 0 aliphatic carbocycles. The Bertz CT molecular complexity index is 692. The average Bonchev–Trinajstić information content (AvgIpc) is 2.79. The fraction of sp³-hybridized carbons (Fsp3) is 0.250. The molecule has 0 bridgehead atoms. The van der Waals surface area contributed by atoms with E-state index in [0.29, 0.717) is 10.2 Å². The van der Waals surface area contributed by atoms with Crippen molar-refractivity contribution >= 4 is 27.5 Å². The minimum atomic E-state index is -0.927. The molecule has 21 heavy (non-hydrogen) atoms. The molecule has 0 saturated carbocycles. The van der Waals surface area contributed by atoms with Crippen molar-refractivity contribution in [2.75, 3.05) is 6.61 Å². The lowest BCUT2D eigenvalue weighted by Gasteiger charge is -2.31. The van der Waals surface area contributed by atoms with E-state index in [-0.39, 0.29) is 17.5 Å². The SMILES string of the molecule is C[C@H]1c2c(cc(F)c(Cl)c2Br)O[C@]1(CO)c1ccccc1. The summed E-state index contributed by atoms with van der Waals surface area (Å²) in [6.07, 6.45) is 0. The molecule has 1 aliphatic heterocycles. The predicted molar refractivity (Wildman–Crippen MR) is 83.4 cm³/mol. The molecule has 2 nitrogen and oxygen atoms in total. The van der Waals surface area contributed by atoms with Crippen molar-refractivity contribution in [1.82, 2.24) is 0 Å². The molecule has 0 saturated heterocycles. The molecule has 2 aromatic carbocycles. The van der Waals surface area contributed by atoms with Crippen LogP contribution in [0.5, 0.6) is 5.75 Å². The van der Waals surface area contributed by atoms with Gasteiger partial charge in [0, 0.05) is 22.0 Å². The van der Waals surface area contributed by atoms with Gasteiger partial charge in [0.2, 0.25) is 0 Å². The van der Waals surface area contributed by atoms with Crippen LogP contribution in [0.1, 0.15) is 24.0 Å². The summed E-state index contributed by atoms with van der Waals surface area (Å²) in [5, 5.41) is 10.0. The van der Waals surface area contributed by atoms with Gasteiger partial charge in [0.15, 0.2) is 5.60 Å². The van der Waals surface area contributed by atoms with Gasteiger partial charge < -0.3 is 9.84 Å². The zero-order valence-electron chi connectivity index (χ0n) is 11.2. The van der Waals surface area contributed by atoms with Crippen LogP contribution < -0.4 is 4.74 Å². The summed E-state index contributed by atoms with van der Waals surface area (Å²) in [6, 6.07) is 10.7. The fourth-order valence-corrected chi connectivity index (χ4v) is 3.77. The maximum Gasteiger partial charge on any atom is 0.164 e. The highest BCUT2D eigenvalue weighted by Crippen LogP contribution is 2.54. The first-order valence-corrected chi connectivity index (χ1v) is 7.71. The van der Waals surface area contributed by atoms with Gasteiger partial charge in [-0.2, -0.15) is 0 Å². The molecular formula is C16H13BrClFO2. The number of aliphatic hydroxyl groups excluding tert-OH is 1. The summed E-state index contributed by atoms with van der Waals surface area (Å²) in [6.45, 7) is 1.73. The van der Waals surface area contributed by atoms with Gasteiger partial charge in [-0.15, -0.1) is 0 Å². The van der Waals surface area contributed by atoms with Crippen LogP contribution in [0.25, 0.3) is 0 Å². The van der Waals surface area contributed by atoms with E-state index in [1.807, 2.05) is 37.3 Å². The van der Waals surface area contributed by atoms with Crippen LogP contribution in [0.3, 0.4) is 0 Å². The molecule has 0 unspecified atom stereocenters. The van der Waals surface area contributed by atoms with Crippen molar-refractivity contribution in [2.45, 2.75) is 18.4 Å². The fourth-order valence-electron chi connectivity index (χ4n) is 2.88. The van der Waals surface area contributed by atoms with E-state index < -0.39 is 11.4 Å². The second kappa shape index (κ2) is 5.27. The lowest BCUT2D eigenvalue weighted by molar-refractivity contribution is 0.00732. The molecular weight excluding hydrogens is 359 g/mol. The molecule has 0 spiro atoms. The van der Waals surface area contributed by atoms with Gasteiger partial charge in [0.25, 0.3) is 0 Å². The van der Waals surface area contributed by atoms with E-state index in [2.05, 4.69) is 15.9 Å². The Morgan fingerprint density at radius 2 is 2.05 bits per heavy atom. The molecule has 1 N–H and O–H groups in total. The Morgan fingerprint density at radius 1 is 1.38 bits per heavy atom. The van der Waals surface area contributed by atoms with Gasteiger partial charge in [-0.3, -0.25) is 0 Å². The van der Waals surface area contributed by atoms with Crippen molar-refractivity contribution in [3.05, 3.63) is 62.8 Å². The third-order valence-corrected chi connectivity index (χ3v) is 5.51. The Balaban J connectivity index is 2.19. The standard InChI is InChI=1S/C16H13BrClFO2/c1-9-13-12(7-11(19)15(18)14(13)17)21-16(9,8-20)10-5-3-2-4-6-10/h2-7,9,20H,8H2,1H3/t9-,16-/m0/s1. The van der Waals surface area contributed by atoms with Crippen LogP contribution in [-0.4, -0.2) is 11.7 Å². The molecule has 0 amide bonds. The van der Waals surface area contributed by atoms with Gasteiger partial charge in [0.1, 0.15) is 11.6 Å². The molecule has 1 aliphatic rings. The molecule has 2 atom stereocenters. The monoisotopic (exact) mass is 370 g/mol. The molecule has 0 radical (unpaired) electrons. The number of halogens is 3. The number of hydrogen-bond acceptors (Lipinski definition) is 2. The van der Waals surface area contributed by atoms with Gasteiger partial charge in [-0.05, 0) is 21.5 Å². The lowest BCUT2D eigenvalue weighted by Crippen LogP contribution is -2.38. The number of fused-ring (bicyclic) bond motifs is 1. The van der Waals surface area contributed by atoms with Crippen LogP contribution in [0.15, 0.2) is 40.9 Å². The first-order chi connectivity index (χ1) is 10.0. The highest BCUT2D eigenvalue weighted by Gasteiger charge is 2.48. The number of benzene rings is 2. The molecule has 0 aromatic heterocycles. The van der Waals surface area contributed by atoms with Crippen molar-refractivity contribution in [1.29, 1.82) is 0 Å². The molecule has 2 aromatic rings. The number of ether oxygens (including phenoxy) is 1. The molecule has 5 heteroatoms. The lowest BCUT2D eigenvalue weighted by atomic mass is 9.81. The Kier molecular flexibility index (Phi) is 3.72. The normalized spacial score (nSPS) is 23.8. The van der Waals surface area contributed by atoms with Crippen molar-refractivity contribution in [2.24, 2.45) is 0 Å². The van der Waals surface area contributed by atoms with Gasteiger partial charge in [-0.25, -0.2) is 4.39 Å². The summed E-state index contributed by atoms with van der Waals surface area (Å²) in [7, 11) is 0. The highest BCUT2D eigenvalue weighted by molar-refractivity contribution is 9.10. The topological polar surface area (TPSA) is 29.5 Å². The Hall–Kier alpha value is -1.10. The second-order valence-corrected chi connectivity index (χ2v) is 6.31. The third kappa shape index (κ3) is 2.08. The average molecular weight is 372 g/mol. The zero-order valence-corrected chi connectivity index (χ0v) is 13.6. The minimum absolute atomic E-state index is 0.0333. The van der Waals surface area contributed by atoms with Crippen LogP contribution >= 0.6 is 27.5 Å². The Labute approximate surface area is 135 Å². The van der Waals surface area contributed by atoms with Gasteiger partial charge in [-0.1, -0.05) is 48.9 Å². The molecule has 1 heterocycles. The minimum Gasteiger partial charge on any atom is -0.479 e. The maximum atomic E-state index is 13.8. The Morgan fingerprint density at radius 3 is 2.67 bits per heavy atom. The molecule has 0 fully saturated rings. The first-order valence-electron chi connectivity index (χ1n) is 6.54. The van der Waals surface area contributed by atoms with Gasteiger partial charge in [0.05, 0.1) is 11.6 Å². The number of hydrogen-bond donors (Lipinski definition) is 1. The van der Waals surface area contributed by atoms with E-state index in [9.17, 15) is 9.50 Å². The van der Waals surface area contributed by atoms with Crippen molar-refractivity contribution in [3.63, 3.8) is 0 Å². The smallest absolute Gasteiger partial charge is 0.164 e. The van der Waals surface area contributed by atoms with Crippen molar-refractivity contribution < 1.29 is 14.2 Å². The van der Waals surface area contributed by atoms with Crippen LogP contribution in [0.4, 0.5) is 4.39 Å². The van der Waals surface area contributed by atoms with E-state index in [1.54, 1.807) is 0 Å². The van der Waals surface area contributed by atoms with Crippen LogP contribution in [0, 0.1) is 5.82 Å². The maximum absolute atomic E-state index is 13.8. The molecule has 3 rings (SSSR count). The number of rotatable bonds is 2. The van der Waals surface area contributed by atoms with Crippen LogP contribution in [-0.2, 0) is 5.60 Å². The summed E-state index contributed by atoms with van der Waals surface area (Å²) in [5.74, 6) is -0.308. The summed E-state index contributed by atoms with van der Waals surface area (Å²) in [4.78, 5) is 0. The number of aliphatic hydroxyl groups is 1. The first kappa shape index (κ1) is 14.8. The summed E-state index contributed by atoms with van der Waals surface area (Å²) >= 11 is 9.31. The van der Waals surface area contributed by atoms with Crippen molar-refractivity contribution in [3.8, 4) is 5.75 Å². The van der Waals surface area contributed by atoms with E-state index in [1.165, 1.54) is 6.07 Å². The van der Waals surface area contributed by atoms with Gasteiger partial charge >= 0.3 is 0 Å². The van der Waals surface area contributed by atoms with E-state index in [4.69, 9.17) is 16.3 Å². The second-order valence-electron chi connectivity index (χ2n) is 5.14. The van der Waals surface area contributed by atoms with E-state index in [0.717, 1.165) is 11.1 Å². The largest absolute Gasteiger partial charge is 0.479 e. The summed E-state index contributed by atoms with van der Waals surface area (Å²) < 4.78 is 20.3. The summed E-state index contributed by atoms with van der Waals surface area (Å²) in [5.41, 5.74) is 0.697. The quantitative estimate of drug-likeness (QED) is 0.780. The molecule has 110 valence electrons. The van der Waals surface area contributed by atoms with E-state index >= 15 is 0 Å². The highest BCUT2D eigenvalue weighted by atomic mass is 79.9. The third-order valence-electron chi connectivity index (χ3n) is 4.08. The predicted octanol–water partition coefficient (Wildman–Crippen LogP) is 4.63. The van der Waals surface area contributed by atoms with Crippen LogP contribution in [0.2, 0.25) is 5.02 Å². The zero-order chi connectivity index (χ0) is 15.2.